The lowest BCUT2D eigenvalue weighted by Crippen LogP contribution is -2.41. The topological polar surface area (TPSA) is 108 Å². The van der Waals surface area contributed by atoms with Crippen LogP contribution in [-0.4, -0.2) is 58.6 Å². The largest absolute Gasteiger partial charge is 0.480 e. The van der Waals surface area contributed by atoms with E-state index in [1.54, 1.807) is 30.0 Å². The second-order valence-electron chi connectivity index (χ2n) is 7.03. The number of nitrogens with one attached hydrogen (secondary N) is 3. The van der Waals surface area contributed by atoms with Gasteiger partial charge in [-0.15, -0.1) is 11.8 Å². The summed E-state index contributed by atoms with van der Waals surface area (Å²) in [5.41, 5.74) is 2.36. The fraction of sp³-hybridized carbons (Fsp3) is 0.318. The molecule has 9 heteroatoms. The molecular formula is C22H25N3O4S2. The number of rotatable bonds is 9. The molecule has 1 saturated heterocycles. The molecule has 0 radical (unpaired) electrons. The zero-order chi connectivity index (χ0) is 22.2. The van der Waals surface area contributed by atoms with E-state index in [4.69, 9.17) is 0 Å². The van der Waals surface area contributed by atoms with Crippen LogP contribution >= 0.6 is 23.5 Å². The molecule has 1 unspecified atom stereocenters. The van der Waals surface area contributed by atoms with Crippen molar-refractivity contribution in [3.05, 3.63) is 54.1 Å². The molecule has 1 aliphatic rings. The zero-order valence-corrected chi connectivity index (χ0v) is 18.7. The normalized spacial score (nSPS) is 16.5. The lowest BCUT2D eigenvalue weighted by Gasteiger charge is -2.17. The highest BCUT2D eigenvalue weighted by atomic mass is 32.2. The number of carbonyl (C=O) groups excluding carboxylic acids is 2. The van der Waals surface area contributed by atoms with Gasteiger partial charge in [0.15, 0.2) is 0 Å². The van der Waals surface area contributed by atoms with Crippen LogP contribution in [0.3, 0.4) is 0 Å². The van der Waals surface area contributed by atoms with Gasteiger partial charge in [-0.1, -0.05) is 30.3 Å². The minimum absolute atomic E-state index is 0.121. The molecule has 0 saturated carbocycles. The maximum Gasteiger partial charge on any atom is 0.326 e. The molecule has 4 N–H and O–H groups in total. The summed E-state index contributed by atoms with van der Waals surface area (Å²) in [5.74, 6) is 0.442. The second kappa shape index (κ2) is 11.2. The van der Waals surface area contributed by atoms with E-state index in [1.165, 1.54) is 11.8 Å². The third-order valence-electron chi connectivity index (χ3n) is 4.86. The lowest BCUT2D eigenvalue weighted by molar-refractivity contribution is -0.139. The summed E-state index contributed by atoms with van der Waals surface area (Å²) in [6.45, 7) is 0. The summed E-state index contributed by atoms with van der Waals surface area (Å²) in [4.78, 5) is 37.0. The van der Waals surface area contributed by atoms with Crippen molar-refractivity contribution < 1.29 is 19.5 Å². The van der Waals surface area contributed by atoms with Crippen LogP contribution in [0.15, 0.2) is 48.5 Å². The molecule has 0 aliphatic carbocycles. The van der Waals surface area contributed by atoms with E-state index in [0.717, 1.165) is 11.4 Å². The van der Waals surface area contributed by atoms with Crippen LogP contribution in [0.4, 0.5) is 5.69 Å². The van der Waals surface area contributed by atoms with Gasteiger partial charge in [0.2, 0.25) is 5.91 Å². The van der Waals surface area contributed by atoms with E-state index >= 15 is 0 Å². The highest BCUT2D eigenvalue weighted by Gasteiger charge is 2.24. The molecule has 0 aromatic heterocycles. The third kappa shape index (κ3) is 6.25. The Morgan fingerprint density at radius 3 is 2.65 bits per heavy atom. The average molecular weight is 460 g/mol. The molecule has 2 atom stereocenters. The van der Waals surface area contributed by atoms with Crippen LogP contribution in [0.25, 0.3) is 11.1 Å². The monoisotopic (exact) mass is 459 g/mol. The molecule has 0 spiro atoms. The minimum atomic E-state index is -1.06. The fourth-order valence-corrected chi connectivity index (χ4v) is 4.61. The first kappa shape index (κ1) is 23.2. The number of carboxylic acids is 1. The summed E-state index contributed by atoms with van der Waals surface area (Å²) in [7, 11) is 0. The third-order valence-corrected chi connectivity index (χ3v) is 6.45. The van der Waals surface area contributed by atoms with Gasteiger partial charge in [-0.25, -0.2) is 4.79 Å². The van der Waals surface area contributed by atoms with Gasteiger partial charge >= 0.3 is 5.97 Å². The Bertz CT molecular complexity index is 934. The number of hydrogen-bond donors (Lipinski definition) is 4. The summed E-state index contributed by atoms with van der Waals surface area (Å²) in [6.07, 6.45) is 2.23. The van der Waals surface area contributed by atoms with E-state index in [-0.39, 0.29) is 11.9 Å². The van der Waals surface area contributed by atoms with Gasteiger partial charge in [0.05, 0.1) is 6.04 Å². The van der Waals surface area contributed by atoms with E-state index in [2.05, 4.69) is 16.0 Å². The van der Waals surface area contributed by atoms with Crippen LogP contribution in [0.1, 0.15) is 16.8 Å². The first-order valence-electron chi connectivity index (χ1n) is 9.83. The van der Waals surface area contributed by atoms with Crippen LogP contribution in [-0.2, 0) is 9.59 Å². The summed E-state index contributed by atoms with van der Waals surface area (Å²) in [6, 6.07) is 13.2. The molecule has 0 bridgehead atoms. The maximum atomic E-state index is 13.0. The van der Waals surface area contributed by atoms with Gasteiger partial charge in [-0.2, -0.15) is 11.8 Å². The Kier molecular flexibility index (Phi) is 8.39. The Labute approximate surface area is 189 Å². The Balaban J connectivity index is 1.87. The SMILES string of the molecule is CSCCC(NC(=O)c1ccc(NC(=O)[C@@H]2CSCN2)cc1-c1ccccc1)C(=O)O. The molecule has 2 aromatic carbocycles. The van der Waals surface area contributed by atoms with Crippen molar-refractivity contribution in [2.24, 2.45) is 0 Å². The standard InChI is InChI=1S/C22H25N3O4S2/c1-30-10-9-18(22(28)29)25-20(26)16-8-7-15(24-21(27)19-12-31-13-23-19)11-17(16)14-5-3-2-4-6-14/h2-8,11,18-19,23H,9-10,12-13H2,1H3,(H,24,27)(H,25,26)(H,28,29)/t18?,19-/m0/s1. The average Bonchev–Trinajstić information content (AvgIpc) is 3.32. The Morgan fingerprint density at radius 1 is 1.23 bits per heavy atom. The molecule has 31 heavy (non-hydrogen) atoms. The van der Waals surface area contributed by atoms with Gasteiger partial charge in [-0.05, 0) is 47.8 Å². The van der Waals surface area contributed by atoms with Crippen molar-refractivity contribution in [1.29, 1.82) is 0 Å². The molecule has 164 valence electrons. The van der Waals surface area contributed by atoms with Gasteiger partial charge < -0.3 is 15.7 Å². The van der Waals surface area contributed by atoms with Crippen LogP contribution in [0, 0.1) is 0 Å². The lowest BCUT2D eigenvalue weighted by atomic mass is 9.98. The number of anilines is 1. The van der Waals surface area contributed by atoms with Crippen LogP contribution in [0.5, 0.6) is 0 Å². The Morgan fingerprint density at radius 2 is 2.00 bits per heavy atom. The second-order valence-corrected chi connectivity index (χ2v) is 9.05. The van der Waals surface area contributed by atoms with Crippen molar-refractivity contribution in [2.45, 2.75) is 18.5 Å². The highest BCUT2D eigenvalue weighted by Crippen LogP contribution is 2.28. The number of hydrogen-bond acceptors (Lipinski definition) is 6. The van der Waals surface area contributed by atoms with Crippen molar-refractivity contribution in [3.63, 3.8) is 0 Å². The minimum Gasteiger partial charge on any atom is -0.480 e. The number of thioether (sulfide) groups is 2. The molecule has 1 heterocycles. The number of benzene rings is 2. The van der Waals surface area contributed by atoms with Crippen molar-refractivity contribution >= 4 is 47.0 Å². The predicted octanol–water partition coefficient (Wildman–Crippen LogP) is 2.89. The van der Waals surface area contributed by atoms with Crippen molar-refractivity contribution in [1.82, 2.24) is 10.6 Å². The van der Waals surface area contributed by atoms with Crippen molar-refractivity contribution in [3.8, 4) is 11.1 Å². The predicted molar refractivity (Wildman–Crippen MR) is 127 cm³/mol. The van der Waals surface area contributed by atoms with E-state index in [9.17, 15) is 19.5 Å². The molecule has 2 amide bonds. The van der Waals surface area contributed by atoms with Crippen LogP contribution < -0.4 is 16.0 Å². The quantitative estimate of drug-likeness (QED) is 0.457. The highest BCUT2D eigenvalue weighted by molar-refractivity contribution is 7.99. The molecule has 7 nitrogen and oxygen atoms in total. The van der Waals surface area contributed by atoms with Gasteiger partial charge in [0.1, 0.15) is 6.04 Å². The number of carbonyl (C=O) groups is 3. The summed E-state index contributed by atoms with van der Waals surface area (Å²) >= 11 is 3.19. The first-order chi connectivity index (χ1) is 15.0. The van der Waals surface area contributed by atoms with E-state index < -0.39 is 17.9 Å². The Hall–Kier alpha value is -2.49. The van der Waals surface area contributed by atoms with Gasteiger partial charge in [-0.3, -0.25) is 14.9 Å². The zero-order valence-electron chi connectivity index (χ0n) is 17.1. The molecular weight excluding hydrogens is 434 g/mol. The number of carboxylic acid groups (broad SMARTS) is 1. The van der Waals surface area contributed by atoms with E-state index in [0.29, 0.717) is 34.7 Å². The van der Waals surface area contributed by atoms with E-state index in [1.807, 2.05) is 36.6 Å². The molecule has 1 aliphatic heterocycles. The molecule has 2 aromatic rings. The van der Waals surface area contributed by atoms with Crippen molar-refractivity contribution in [2.75, 3.05) is 29.0 Å². The number of aliphatic carboxylic acids is 1. The molecule has 3 rings (SSSR count). The summed E-state index contributed by atoms with van der Waals surface area (Å²) in [5, 5.41) is 18.1. The molecule has 1 fully saturated rings. The number of amides is 2. The van der Waals surface area contributed by atoms with Gasteiger partial charge in [0.25, 0.3) is 5.91 Å². The first-order valence-corrected chi connectivity index (χ1v) is 12.4. The van der Waals surface area contributed by atoms with Crippen LogP contribution in [0.2, 0.25) is 0 Å². The smallest absolute Gasteiger partial charge is 0.326 e. The fourth-order valence-electron chi connectivity index (χ4n) is 3.20. The summed E-state index contributed by atoms with van der Waals surface area (Å²) < 4.78 is 0. The van der Waals surface area contributed by atoms with Gasteiger partial charge in [0, 0.05) is 22.9 Å². The maximum absolute atomic E-state index is 13.0.